The molecule has 1 aliphatic rings. The normalized spacial score (nSPS) is 15.2. The summed E-state index contributed by atoms with van der Waals surface area (Å²) < 4.78 is 4.92. The largest absolute Gasteiger partial charge is 0.508 e. The van der Waals surface area contributed by atoms with E-state index in [1.807, 2.05) is 0 Å². The Labute approximate surface area is 166 Å². The maximum absolute atomic E-state index is 12.5. The van der Waals surface area contributed by atoms with E-state index in [1.54, 1.807) is 49.4 Å². The van der Waals surface area contributed by atoms with Crippen molar-refractivity contribution in [3.05, 3.63) is 64.6 Å². The molecule has 0 unspecified atom stereocenters. The highest BCUT2D eigenvalue weighted by molar-refractivity contribution is 8.18. The zero-order chi connectivity index (χ0) is 20.1. The number of esters is 1. The second kappa shape index (κ2) is 8.62. The van der Waals surface area contributed by atoms with E-state index in [4.69, 9.17) is 4.74 Å². The predicted molar refractivity (Wildman–Crippen MR) is 107 cm³/mol. The Hall–Kier alpha value is -3.26. The first-order valence-electron chi connectivity index (χ1n) is 8.53. The Balaban J connectivity index is 1.63. The minimum absolute atomic E-state index is 0.0103. The highest BCUT2D eigenvalue weighted by Crippen LogP contribution is 2.32. The molecule has 0 spiro atoms. The van der Waals surface area contributed by atoms with Crippen molar-refractivity contribution in [2.24, 2.45) is 0 Å². The average Bonchev–Trinajstić information content (AvgIpc) is 2.95. The number of amides is 2. The van der Waals surface area contributed by atoms with Crippen molar-refractivity contribution in [1.82, 2.24) is 4.90 Å². The smallest absolute Gasteiger partial charge is 0.338 e. The van der Waals surface area contributed by atoms with E-state index in [-0.39, 0.29) is 17.7 Å². The highest BCUT2D eigenvalue weighted by atomic mass is 32.2. The van der Waals surface area contributed by atoms with Gasteiger partial charge in [-0.25, -0.2) is 4.79 Å². The summed E-state index contributed by atoms with van der Waals surface area (Å²) in [7, 11) is 0. The number of phenolic OH excluding ortho intramolecular Hbond substituents is 1. The molecular weight excluding hydrogens is 380 g/mol. The van der Waals surface area contributed by atoms with Crippen LogP contribution in [0.1, 0.15) is 22.8 Å². The van der Waals surface area contributed by atoms with Gasteiger partial charge < -0.3 is 15.2 Å². The summed E-state index contributed by atoms with van der Waals surface area (Å²) in [5.41, 5.74) is 1.80. The van der Waals surface area contributed by atoms with Crippen molar-refractivity contribution in [2.75, 3.05) is 18.6 Å². The van der Waals surface area contributed by atoms with E-state index in [2.05, 4.69) is 5.32 Å². The van der Waals surface area contributed by atoms with E-state index in [9.17, 15) is 19.5 Å². The van der Waals surface area contributed by atoms with Gasteiger partial charge in [0.05, 0.1) is 23.7 Å². The average molecular weight is 398 g/mol. The minimum Gasteiger partial charge on any atom is -0.508 e. The first-order valence-corrected chi connectivity index (χ1v) is 9.35. The van der Waals surface area contributed by atoms with Crippen LogP contribution in [0.2, 0.25) is 0 Å². The van der Waals surface area contributed by atoms with Crippen molar-refractivity contribution < 1.29 is 24.2 Å². The quantitative estimate of drug-likeness (QED) is 0.566. The number of aromatic hydroxyl groups is 1. The number of rotatable bonds is 6. The van der Waals surface area contributed by atoms with Gasteiger partial charge in [-0.1, -0.05) is 12.1 Å². The van der Waals surface area contributed by atoms with Crippen molar-refractivity contribution in [3.63, 3.8) is 0 Å². The number of imide groups is 1. The number of carbonyl (C=O) groups is 3. The SMILES string of the molecule is CCOC(=O)c1ccc(NCN2C(=O)SC(=Cc3ccc(O)cc3)C2=O)cc1. The van der Waals surface area contributed by atoms with Crippen LogP contribution in [0.25, 0.3) is 6.08 Å². The van der Waals surface area contributed by atoms with E-state index in [1.165, 1.54) is 12.1 Å². The van der Waals surface area contributed by atoms with Crippen molar-refractivity contribution in [2.45, 2.75) is 6.92 Å². The van der Waals surface area contributed by atoms with Crippen LogP contribution in [0.5, 0.6) is 5.75 Å². The summed E-state index contributed by atoms with van der Waals surface area (Å²) in [6, 6.07) is 12.9. The molecule has 1 aliphatic heterocycles. The lowest BCUT2D eigenvalue weighted by Crippen LogP contribution is -2.33. The summed E-state index contributed by atoms with van der Waals surface area (Å²) in [6.45, 7) is 2.05. The molecule has 0 bridgehead atoms. The predicted octanol–water partition coefficient (Wildman–Crippen LogP) is 3.67. The summed E-state index contributed by atoms with van der Waals surface area (Å²) in [5, 5.41) is 11.9. The number of phenols is 1. The number of hydrogen-bond acceptors (Lipinski definition) is 7. The molecule has 0 radical (unpaired) electrons. The fraction of sp³-hybridized carbons (Fsp3) is 0.150. The number of nitrogens with one attached hydrogen (secondary N) is 1. The Morgan fingerprint density at radius 2 is 1.82 bits per heavy atom. The number of benzene rings is 2. The second-order valence-corrected chi connectivity index (χ2v) is 6.83. The van der Waals surface area contributed by atoms with Gasteiger partial charge in [0.1, 0.15) is 5.75 Å². The molecule has 1 heterocycles. The van der Waals surface area contributed by atoms with Gasteiger partial charge in [-0.15, -0.1) is 0 Å². The van der Waals surface area contributed by atoms with Crippen LogP contribution in [0.3, 0.4) is 0 Å². The Morgan fingerprint density at radius 1 is 1.14 bits per heavy atom. The molecule has 0 atom stereocenters. The maximum Gasteiger partial charge on any atom is 0.338 e. The third-order valence-electron chi connectivity index (χ3n) is 3.90. The molecule has 0 aromatic heterocycles. The molecule has 1 fully saturated rings. The van der Waals surface area contributed by atoms with Crippen LogP contribution in [-0.4, -0.2) is 40.4 Å². The van der Waals surface area contributed by atoms with Gasteiger partial charge in [-0.05, 0) is 66.7 Å². The molecule has 2 aromatic carbocycles. The lowest BCUT2D eigenvalue weighted by Gasteiger charge is -2.14. The fourth-order valence-electron chi connectivity index (χ4n) is 2.47. The lowest BCUT2D eigenvalue weighted by atomic mass is 10.2. The van der Waals surface area contributed by atoms with Crippen LogP contribution < -0.4 is 5.32 Å². The van der Waals surface area contributed by atoms with E-state index >= 15 is 0 Å². The zero-order valence-corrected chi connectivity index (χ0v) is 15.9. The molecule has 8 heteroatoms. The Morgan fingerprint density at radius 3 is 2.46 bits per heavy atom. The number of nitrogens with zero attached hydrogens (tertiary/aromatic N) is 1. The van der Waals surface area contributed by atoms with Crippen molar-refractivity contribution in [3.8, 4) is 5.75 Å². The Bertz CT molecular complexity index is 923. The van der Waals surface area contributed by atoms with Gasteiger partial charge in [0, 0.05) is 5.69 Å². The standard InChI is InChI=1S/C20H18N2O5S/c1-2-27-19(25)14-5-7-15(8-6-14)21-12-22-18(24)17(28-20(22)26)11-13-3-9-16(23)10-4-13/h3-11,21,23H,2,12H2,1H3. The molecule has 0 aliphatic carbocycles. The molecule has 3 rings (SSSR count). The summed E-state index contributed by atoms with van der Waals surface area (Å²) >= 11 is 0.863. The van der Waals surface area contributed by atoms with Crippen LogP contribution in [0.4, 0.5) is 10.5 Å². The van der Waals surface area contributed by atoms with Crippen molar-refractivity contribution >= 4 is 40.6 Å². The monoisotopic (exact) mass is 398 g/mol. The highest BCUT2D eigenvalue weighted by Gasteiger charge is 2.34. The molecule has 0 saturated carbocycles. The van der Waals surface area contributed by atoms with Crippen LogP contribution in [-0.2, 0) is 9.53 Å². The second-order valence-electron chi connectivity index (χ2n) is 5.83. The number of ether oxygens (including phenoxy) is 1. The molecule has 2 N–H and O–H groups in total. The van der Waals surface area contributed by atoms with Crippen LogP contribution in [0.15, 0.2) is 53.4 Å². The molecule has 144 valence electrons. The lowest BCUT2D eigenvalue weighted by molar-refractivity contribution is -0.122. The fourth-order valence-corrected chi connectivity index (χ4v) is 3.31. The molecular formula is C20H18N2O5S. The minimum atomic E-state index is -0.403. The number of carbonyl (C=O) groups excluding carboxylic acids is 3. The van der Waals surface area contributed by atoms with Gasteiger partial charge in [0.2, 0.25) is 0 Å². The van der Waals surface area contributed by atoms with Gasteiger partial charge in [0.15, 0.2) is 0 Å². The number of anilines is 1. The van der Waals surface area contributed by atoms with E-state index < -0.39 is 11.9 Å². The van der Waals surface area contributed by atoms with Crippen LogP contribution in [0, 0.1) is 0 Å². The summed E-state index contributed by atoms with van der Waals surface area (Å²) in [4.78, 5) is 37.7. The molecule has 7 nitrogen and oxygen atoms in total. The molecule has 2 aromatic rings. The van der Waals surface area contributed by atoms with Crippen LogP contribution >= 0.6 is 11.8 Å². The third kappa shape index (κ3) is 4.52. The summed E-state index contributed by atoms with van der Waals surface area (Å²) in [6.07, 6.45) is 1.61. The summed E-state index contributed by atoms with van der Waals surface area (Å²) in [5.74, 6) is -0.665. The molecule has 1 saturated heterocycles. The number of hydrogen-bond donors (Lipinski definition) is 2. The van der Waals surface area contributed by atoms with Gasteiger partial charge in [0.25, 0.3) is 11.1 Å². The number of thioether (sulfide) groups is 1. The third-order valence-corrected chi connectivity index (χ3v) is 4.81. The first kappa shape index (κ1) is 19.5. The van der Waals surface area contributed by atoms with E-state index in [0.29, 0.717) is 28.3 Å². The van der Waals surface area contributed by atoms with Gasteiger partial charge in [-0.3, -0.25) is 14.5 Å². The van der Waals surface area contributed by atoms with Gasteiger partial charge >= 0.3 is 5.97 Å². The van der Waals surface area contributed by atoms with Gasteiger partial charge in [-0.2, -0.15) is 0 Å². The maximum atomic E-state index is 12.5. The molecule has 2 amide bonds. The zero-order valence-electron chi connectivity index (χ0n) is 15.0. The first-order chi connectivity index (χ1) is 13.5. The topological polar surface area (TPSA) is 95.9 Å². The molecule has 28 heavy (non-hydrogen) atoms. The van der Waals surface area contributed by atoms with Crippen molar-refractivity contribution in [1.29, 1.82) is 0 Å². The van der Waals surface area contributed by atoms with E-state index in [0.717, 1.165) is 16.7 Å². The Kier molecular flexibility index (Phi) is 6.00.